The van der Waals surface area contributed by atoms with E-state index in [0.29, 0.717) is 30.4 Å². The molecule has 0 aromatic heterocycles. The van der Waals surface area contributed by atoms with E-state index in [-0.39, 0.29) is 17.9 Å². The molecule has 6 heteroatoms. The number of rotatable bonds is 5. The van der Waals surface area contributed by atoms with Crippen LogP contribution in [0, 0.1) is 11.8 Å². The largest absolute Gasteiger partial charge is 0.495 e. The first-order valence-electron chi connectivity index (χ1n) is 8.48. The number of amides is 3. The number of nitrogens with zero attached hydrogens (tertiary/aromatic N) is 1. The van der Waals surface area contributed by atoms with Gasteiger partial charge in [0.1, 0.15) is 5.75 Å². The third-order valence-electron chi connectivity index (χ3n) is 4.24. The number of piperidine rings is 1. The van der Waals surface area contributed by atoms with Crippen molar-refractivity contribution >= 4 is 17.6 Å². The molecule has 0 unspecified atom stereocenters. The Kier molecular flexibility index (Phi) is 6.46. The number of carbonyl (C=O) groups excluding carboxylic acids is 2. The zero-order valence-corrected chi connectivity index (χ0v) is 14.7. The molecule has 132 valence electrons. The van der Waals surface area contributed by atoms with Gasteiger partial charge in [0.25, 0.3) is 0 Å². The van der Waals surface area contributed by atoms with Gasteiger partial charge in [0.2, 0.25) is 5.91 Å². The SMILES string of the molecule is COc1ccccc1NC(=O)N1CCC[C@@H](CNC(=O)C(C)C)C1. The van der Waals surface area contributed by atoms with Gasteiger partial charge >= 0.3 is 6.03 Å². The Morgan fingerprint density at radius 1 is 1.33 bits per heavy atom. The molecular weight excluding hydrogens is 306 g/mol. The lowest BCUT2D eigenvalue weighted by Gasteiger charge is -2.33. The molecule has 1 atom stereocenters. The minimum Gasteiger partial charge on any atom is -0.495 e. The normalized spacial score (nSPS) is 17.5. The Hall–Kier alpha value is -2.24. The van der Waals surface area contributed by atoms with Gasteiger partial charge in [0.05, 0.1) is 12.8 Å². The molecule has 0 aliphatic carbocycles. The van der Waals surface area contributed by atoms with Crippen molar-refractivity contribution in [2.75, 3.05) is 32.1 Å². The van der Waals surface area contributed by atoms with Gasteiger partial charge in [0.15, 0.2) is 0 Å². The Balaban J connectivity index is 1.89. The number of hydrogen-bond acceptors (Lipinski definition) is 3. The van der Waals surface area contributed by atoms with E-state index >= 15 is 0 Å². The van der Waals surface area contributed by atoms with Gasteiger partial charge in [-0.2, -0.15) is 0 Å². The Morgan fingerprint density at radius 3 is 2.79 bits per heavy atom. The quantitative estimate of drug-likeness (QED) is 0.870. The second-order valence-corrected chi connectivity index (χ2v) is 6.48. The summed E-state index contributed by atoms with van der Waals surface area (Å²) in [5, 5.41) is 5.87. The first-order chi connectivity index (χ1) is 11.5. The summed E-state index contributed by atoms with van der Waals surface area (Å²) >= 11 is 0. The molecular formula is C18H27N3O3. The molecule has 24 heavy (non-hydrogen) atoms. The summed E-state index contributed by atoms with van der Waals surface area (Å²) in [6.07, 6.45) is 1.97. The van der Waals surface area contributed by atoms with Gasteiger partial charge < -0.3 is 20.3 Å². The summed E-state index contributed by atoms with van der Waals surface area (Å²) in [4.78, 5) is 26.0. The Bertz CT molecular complexity index is 574. The lowest BCUT2D eigenvalue weighted by molar-refractivity contribution is -0.124. The lowest BCUT2D eigenvalue weighted by atomic mass is 9.98. The topological polar surface area (TPSA) is 70.7 Å². The van der Waals surface area contributed by atoms with Crippen molar-refractivity contribution in [2.45, 2.75) is 26.7 Å². The summed E-state index contributed by atoms with van der Waals surface area (Å²) in [6.45, 7) is 5.76. The fraction of sp³-hybridized carbons (Fsp3) is 0.556. The second kappa shape index (κ2) is 8.57. The van der Waals surface area contributed by atoms with Crippen LogP contribution in [-0.2, 0) is 4.79 Å². The van der Waals surface area contributed by atoms with Crippen LogP contribution in [-0.4, -0.2) is 43.6 Å². The Morgan fingerprint density at radius 2 is 2.08 bits per heavy atom. The number of urea groups is 1. The summed E-state index contributed by atoms with van der Waals surface area (Å²) in [5.41, 5.74) is 0.667. The molecule has 1 aliphatic rings. The molecule has 1 heterocycles. The van der Waals surface area contributed by atoms with Crippen molar-refractivity contribution in [3.63, 3.8) is 0 Å². The first-order valence-corrected chi connectivity index (χ1v) is 8.48. The van der Waals surface area contributed by atoms with Crippen LogP contribution in [0.2, 0.25) is 0 Å². The van der Waals surface area contributed by atoms with Crippen LogP contribution in [0.3, 0.4) is 0 Å². The maximum absolute atomic E-state index is 12.5. The third-order valence-corrected chi connectivity index (χ3v) is 4.24. The van der Waals surface area contributed by atoms with Crippen LogP contribution < -0.4 is 15.4 Å². The standard InChI is InChI=1S/C18H27N3O3/c1-13(2)17(22)19-11-14-7-6-10-21(12-14)18(23)20-15-8-4-5-9-16(15)24-3/h4-5,8-9,13-14H,6-7,10-12H2,1-3H3,(H,19,22)(H,20,23)/t14-/m0/s1. The Labute approximate surface area is 143 Å². The van der Waals surface area contributed by atoms with Crippen molar-refractivity contribution in [1.82, 2.24) is 10.2 Å². The van der Waals surface area contributed by atoms with E-state index in [1.165, 1.54) is 0 Å². The van der Waals surface area contributed by atoms with E-state index in [9.17, 15) is 9.59 Å². The predicted octanol–water partition coefficient (Wildman–Crippen LogP) is 2.71. The highest BCUT2D eigenvalue weighted by atomic mass is 16.5. The van der Waals surface area contributed by atoms with Gasteiger partial charge in [0, 0.05) is 25.6 Å². The minimum absolute atomic E-state index is 0.0152. The molecule has 0 spiro atoms. The monoisotopic (exact) mass is 333 g/mol. The number of benzene rings is 1. The van der Waals surface area contributed by atoms with E-state index in [1.54, 1.807) is 7.11 Å². The summed E-state index contributed by atoms with van der Waals surface area (Å²) < 4.78 is 5.26. The van der Waals surface area contributed by atoms with Crippen molar-refractivity contribution in [3.05, 3.63) is 24.3 Å². The van der Waals surface area contributed by atoms with Crippen LogP contribution >= 0.6 is 0 Å². The molecule has 1 aromatic carbocycles. The van der Waals surface area contributed by atoms with E-state index in [0.717, 1.165) is 19.4 Å². The first kappa shape index (κ1) is 18.1. The van der Waals surface area contributed by atoms with Gasteiger partial charge in [-0.15, -0.1) is 0 Å². The zero-order chi connectivity index (χ0) is 17.5. The van der Waals surface area contributed by atoms with Crippen LogP contribution in [0.25, 0.3) is 0 Å². The molecule has 1 aromatic rings. The van der Waals surface area contributed by atoms with Crippen molar-refractivity contribution in [3.8, 4) is 5.75 Å². The number of anilines is 1. The number of hydrogen-bond donors (Lipinski definition) is 2. The van der Waals surface area contributed by atoms with Crippen molar-refractivity contribution in [2.24, 2.45) is 11.8 Å². The molecule has 2 N–H and O–H groups in total. The third kappa shape index (κ3) is 4.88. The van der Waals surface area contributed by atoms with E-state index < -0.39 is 0 Å². The number of likely N-dealkylation sites (tertiary alicyclic amines) is 1. The lowest BCUT2D eigenvalue weighted by Crippen LogP contribution is -2.45. The maximum Gasteiger partial charge on any atom is 0.321 e. The molecule has 0 radical (unpaired) electrons. The molecule has 3 amide bonds. The minimum atomic E-state index is -0.126. The van der Waals surface area contributed by atoms with E-state index in [4.69, 9.17) is 4.74 Å². The number of methoxy groups -OCH3 is 1. The summed E-state index contributed by atoms with van der Waals surface area (Å²) in [6, 6.07) is 7.23. The summed E-state index contributed by atoms with van der Waals surface area (Å²) in [5.74, 6) is 0.984. The second-order valence-electron chi connectivity index (χ2n) is 6.48. The molecule has 0 bridgehead atoms. The average Bonchev–Trinajstić information content (AvgIpc) is 2.60. The van der Waals surface area contributed by atoms with Crippen LogP contribution in [0.4, 0.5) is 10.5 Å². The van der Waals surface area contributed by atoms with Gasteiger partial charge in [-0.25, -0.2) is 4.79 Å². The molecule has 0 saturated carbocycles. The molecule has 1 fully saturated rings. The van der Waals surface area contributed by atoms with Crippen LogP contribution in [0.1, 0.15) is 26.7 Å². The van der Waals surface area contributed by atoms with Gasteiger partial charge in [-0.1, -0.05) is 26.0 Å². The molecule has 1 aliphatic heterocycles. The van der Waals surface area contributed by atoms with Crippen LogP contribution in [0.5, 0.6) is 5.75 Å². The fourth-order valence-corrected chi connectivity index (χ4v) is 2.81. The number of nitrogens with one attached hydrogen (secondary N) is 2. The maximum atomic E-state index is 12.5. The highest BCUT2D eigenvalue weighted by Gasteiger charge is 2.24. The molecule has 6 nitrogen and oxygen atoms in total. The van der Waals surface area contributed by atoms with Crippen molar-refractivity contribution < 1.29 is 14.3 Å². The molecule has 2 rings (SSSR count). The highest BCUT2D eigenvalue weighted by molar-refractivity contribution is 5.91. The number of carbonyl (C=O) groups is 2. The van der Waals surface area contributed by atoms with Gasteiger partial charge in [-0.3, -0.25) is 4.79 Å². The molecule has 1 saturated heterocycles. The number of ether oxygens (including phenoxy) is 1. The highest BCUT2D eigenvalue weighted by Crippen LogP contribution is 2.24. The van der Waals surface area contributed by atoms with E-state index in [2.05, 4.69) is 10.6 Å². The smallest absolute Gasteiger partial charge is 0.321 e. The zero-order valence-electron chi connectivity index (χ0n) is 14.7. The van der Waals surface area contributed by atoms with E-state index in [1.807, 2.05) is 43.0 Å². The fourth-order valence-electron chi connectivity index (χ4n) is 2.81. The number of para-hydroxylation sites is 2. The average molecular weight is 333 g/mol. The van der Waals surface area contributed by atoms with Gasteiger partial charge in [-0.05, 0) is 30.9 Å². The van der Waals surface area contributed by atoms with Crippen LogP contribution in [0.15, 0.2) is 24.3 Å². The van der Waals surface area contributed by atoms with Crippen molar-refractivity contribution in [1.29, 1.82) is 0 Å². The predicted molar refractivity (Wildman–Crippen MR) is 94.2 cm³/mol. The summed E-state index contributed by atoms with van der Waals surface area (Å²) in [7, 11) is 1.58.